The van der Waals surface area contributed by atoms with E-state index in [1.165, 1.54) is 12.1 Å². The smallest absolute Gasteiger partial charge is 0.330 e. The summed E-state index contributed by atoms with van der Waals surface area (Å²) in [6, 6.07) is 3.47. The topological polar surface area (TPSA) is 26.0 Å². The Kier molecular flexibility index (Phi) is 2.89. The van der Waals surface area contributed by atoms with E-state index >= 15 is 0 Å². The van der Waals surface area contributed by atoms with E-state index in [9.17, 15) is 17.6 Å². The molecule has 0 saturated heterocycles. The molecule has 0 radical (unpaired) electrons. The number of hydrogen-bond acceptors (Lipinski definition) is 1. The van der Waals surface area contributed by atoms with E-state index in [-0.39, 0.29) is 5.56 Å². The number of rotatable bonds is 3. The van der Waals surface area contributed by atoms with Crippen molar-refractivity contribution in [3.8, 4) is 0 Å². The van der Waals surface area contributed by atoms with Gasteiger partial charge in [-0.3, -0.25) is 0 Å². The maximum absolute atomic E-state index is 13.9. The van der Waals surface area contributed by atoms with Gasteiger partial charge in [-0.1, -0.05) is 12.1 Å². The lowest BCUT2D eigenvalue weighted by molar-refractivity contribution is -0.140. The molecule has 1 fully saturated rings. The van der Waals surface area contributed by atoms with Crippen LogP contribution in [0.1, 0.15) is 30.4 Å². The van der Waals surface area contributed by atoms with Crippen molar-refractivity contribution in [2.75, 3.05) is 6.54 Å². The van der Waals surface area contributed by atoms with Crippen molar-refractivity contribution >= 4 is 0 Å². The zero-order valence-electron chi connectivity index (χ0n) is 9.15. The van der Waals surface area contributed by atoms with Gasteiger partial charge in [0.1, 0.15) is 5.82 Å². The Morgan fingerprint density at radius 1 is 1.24 bits per heavy atom. The molecule has 0 aliphatic heterocycles. The largest absolute Gasteiger partial charge is 0.419 e. The maximum Gasteiger partial charge on any atom is 0.419 e. The van der Waals surface area contributed by atoms with Crippen LogP contribution in [-0.2, 0) is 11.6 Å². The normalized spacial score (nSPS) is 18.2. The van der Waals surface area contributed by atoms with Gasteiger partial charge in [0.25, 0.3) is 0 Å². The Labute approximate surface area is 96.6 Å². The highest BCUT2D eigenvalue weighted by Crippen LogP contribution is 2.52. The molecular formula is C12H13F4N. The summed E-state index contributed by atoms with van der Waals surface area (Å²) in [5.74, 6) is -1.13. The van der Waals surface area contributed by atoms with Crippen LogP contribution in [0, 0.1) is 5.82 Å². The van der Waals surface area contributed by atoms with Gasteiger partial charge in [-0.05, 0) is 42.9 Å². The van der Waals surface area contributed by atoms with Crippen molar-refractivity contribution in [2.24, 2.45) is 5.73 Å². The highest BCUT2D eigenvalue weighted by molar-refractivity contribution is 5.37. The fourth-order valence-corrected chi connectivity index (χ4v) is 2.24. The minimum absolute atomic E-state index is 0.165. The molecule has 2 N–H and O–H groups in total. The van der Waals surface area contributed by atoms with E-state index in [0.717, 1.165) is 6.07 Å². The summed E-state index contributed by atoms with van der Waals surface area (Å²) < 4.78 is 51.5. The third-order valence-electron chi connectivity index (χ3n) is 3.35. The predicted molar refractivity (Wildman–Crippen MR) is 56.0 cm³/mol. The molecule has 0 amide bonds. The maximum atomic E-state index is 13.9. The molecule has 94 valence electrons. The van der Waals surface area contributed by atoms with Crippen LogP contribution in [0.5, 0.6) is 0 Å². The van der Waals surface area contributed by atoms with Gasteiger partial charge in [-0.2, -0.15) is 13.2 Å². The van der Waals surface area contributed by atoms with E-state index in [2.05, 4.69) is 0 Å². The van der Waals surface area contributed by atoms with Gasteiger partial charge in [0, 0.05) is 0 Å². The number of benzene rings is 1. The van der Waals surface area contributed by atoms with Crippen molar-refractivity contribution in [2.45, 2.75) is 30.9 Å². The van der Waals surface area contributed by atoms with Gasteiger partial charge in [-0.25, -0.2) is 4.39 Å². The molecule has 17 heavy (non-hydrogen) atoms. The summed E-state index contributed by atoms with van der Waals surface area (Å²) >= 11 is 0. The number of alkyl halides is 3. The van der Waals surface area contributed by atoms with Crippen molar-refractivity contribution in [3.05, 3.63) is 35.1 Å². The second kappa shape index (κ2) is 3.98. The minimum atomic E-state index is -4.64. The number of nitrogens with two attached hydrogens (primary N) is 1. The Bertz CT molecular complexity index is 421. The highest BCUT2D eigenvalue weighted by Gasteiger charge is 2.47. The molecule has 1 aromatic carbocycles. The number of halogens is 4. The lowest BCUT2D eigenvalue weighted by Crippen LogP contribution is -2.18. The van der Waals surface area contributed by atoms with E-state index in [1.54, 1.807) is 0 Å². The fourth-order valence-electron chi connectivity index (χ4n) is 2.24. The molecule has 0 aromatic heterocycles. The summed E-state index contributed by atoms with van der Waals surface area (Å²) in [5.41, 5.74) is 3.95. The van der Waals surface area contributed by atoms with E-state index < -0.39 is 23.0 Å². The van der Waals surface area contributed by atoms with Gasteiger partial charge >= 0.3 is 6.18 Å². The second-order valence-corrected chi connectivity index (χ2v) is 4.48. The first kappa shape index (κ1) is 12.4. The van der Waals surface area contributed by atoms with E-state index in [0.29, 0.717) is 25.8 Å². The van der Waals surface area contributed by atoms with Crippen LogP contribution in [0.2, 0.25) is 0 Å². The van der Waals surface area contributed by atoms with Crippen molar-refractivity contribution in [3.63, 3.8) is 0 Å². The van der Waals surface area contributed by atoms with E-state index in [4.69, 9.17) is 5.73 Å². The van der Waals surface area contributed by atoms with E-state index in [1.807, 2.05) is 0 Å². The van der Waals surface area contributed by atoms with Gasteiger partial charge in [0.05, 0.1) is 5.56 Å². The van der Waals surface area contributed by atoms with Crippen LogP contribution in [0.15, 0.2) is 18.2 Å². The molecule has 1 saturated carbocycles. The summed E-state index contributed by atoms with van der Waals surface area (Å²) in [6.45, 7) is 0.357. The summed E-state index contributed by atoms with van der Waals surface area (Å²) in [4.78, 5) is 0. The molecule has 0 heterocycles. The molecule has 0 spiro atoms. The van der Waals surface area contributed by atoms with Gasteiger partial charge in [0.15, 0.2) is 0 Å². The van der Waals surface area contributed by atoms with Crippen LogP contribution in [0.4, 0.5) is 17.6 Å². The molecular weight excluding hydrogens is 234 g/mol. The molecule has 1 aliphatic carbocycles. The highest BCUT2D eigenvalue weighted by atomic mass is 19.4. The summed E-state index contributed by atoms with van der Waals surface area (Å²) in [6.07, 6.45) is -2.69. The lowest BCUT2D eigenvalue weighted by Gasteiger charge is -2.18. The molecule has 2 rings (SSSR count). The third kappa shape index (κ3) is 2.16. The van der Waals surface area contributed by atoms with Gasteiger partial charge in [0.2, 0.25) is 0 Å². The molecule has 1 nitrogen and oxygen atoms in total. The first-order valence-corrected chi connectivity index (χ1v) is 5.47. The van der Waals surface area contributed by atoms with Crippen LogP contribution >= 0.6 is 0 Å². The molecule has 0 unspecified atom stereocenters. The zero-order valence-corrected chi connectivity index (χ0v) is 9.15. The Morgan fingerprint density at radius 2 is 1.88 bits per heavy atom. The van der Waals surface area contributed by atoms with Crippen LogP contribution in [0.3, 0.4) is 0 Å². The average Bonchev–Trinajstić information content (AvgIpc) is 2.98. The van der Waals surface area contributed by atoms with Gasteiger partial charge < -0.3 is 5.73 Å². The fraction of sp³-hybridized carbons (Fsp3) is 0.500. The summed E-state index contributed by atoms with van der Waals surface area (Å²) in [7, 11) is 0. The average molecular weight is 247 g/mol. The molecule has 1 aliphatic rings. The Balaban J connectivity index is 2.44. The van der Waals surface area contributed by atoms with Crippen LogP contribution < -0.4 is 5.73 Å². The van der Waals surface area contributed by atoms with Crippen LogP contribution in [-0.4, -0.2) is 6.54 Å². The van der Waals surface area contributed by atoms with Crippen molar-refractivity contribution in [1.82, 2.24) is 0 Å². The lowest BCUT2D eigenvalue weighted by atomic mass is 9.90. The second-order valence-electron chi connectivity index (χ2n) is 4.48. The molecule has 0 atom stereocenters. The Morgan fingerprint density at radius 3 is 2.35 bits per heavy atom. The quantitative estimate of drug-likeness (QED) is 0.815. The van der Waals surface area contributed by atoms with Crippen LogP contribution in [0.25, 0.3) is 0 Å². The zero-order chi connectivity index (χ0) is 12.7. The molecule has 5 heteroatoms. The van der Waals surface area contributed by atoms with Crippen molar-refractivity contribution in [1.29, 1.82) is 0 Å². The van der Waals surface area contributed by atoms with Gasteiger partial charge in [-0.15, -0.1) is 0 Å². The molecule has 1 aromatic rings. The summed E-state index contributed by atoms with van der Waals surface area (Å²) in [5, 5.41) is 0. The SMILES string of the molecule is NCCC1(c2cccc(C(F)(F)F)c2F)CC1. The third-order valence-corrected chi connectivity index (χ3v) is 3.35. The Hall–Kier alpha value is -1.10. The minimum Gasteiger partial charge on any atom is -0.330 e. The first-order valence-electron chi connectivity index (χ1n) is 5.47. The predicted octanol–water partition coefficient (Wildman–Crippen LogP) is 3.22. The monoisotopic (exact) mass is 247 g/mol. The standard InChI is InChI=1S/C12H13F4N/c13-10-8(11(4-5-11)6-7-17)2-1-3-9(10)12(14,15)16/h1-3H,4-7,17H2. The first-order chi connectivity index (χ1) is 7.91. The van der Waals surface area contributed by atoms with Crippen molar-refractivity contribution < 1.29 is 17.6 Å². The number of hydrogen-bond donors (Lipinski definition) is 1. The molecule has 0 bridgehead atoms.